The van der Waals surface area contributed by atoms with E-state index in [-0.39, 0.29) is 0 Å². The highest BCUT2D eigenvalue weighted by molar-refractivity contribution is 7.22. The zero-order valence-corrected chi connectivity index (χ0v) is 12.4. The Morgan fingerprint density at radius 2 is 1.95 bits per heavy atom. The number of thiazole rings is 1. The van der Waals surface area contributed by atoms with Crippen LogP contribution >= 0.6 is 11.3 Å². The van der Waals surface area contributed by atoms with Crippen LogP contribution in [0.5, 0.6) is 0 Å². The Kier molecular flexibility index (Phi) is 2.68. The van der Waals surface area contributed by atoms with E-state index in [0.29, 0.717) is 5.13 Å². The molecule has 2 heterocycles. The molecule has 5 heteroatoms. The summed E-state index contributed by atoms with van der Waals surface area (Å²) in [6.07, 6.45) is 0. The second-order valence-corrected chi connectivity index (χ2v) is 5.97. The monoisotopic (exact) mass is 294 g/mol. The standard InChI is InChI=1S/C16H14N4S/c1-2-20-13-6-4-3-5-11(13)18-15(20)10-7-8-12-14(9-10)21-16(17)19-12/h3-9H,2H2,1H3,(H2,17,19). The van der Waals surface area contributed by atoms with Crippen molar-refractivity contribution in [3.05, 3.63) is 42.5 Å². The summed E-state index contributed by atoms with van der Waals surface area (Å²) in [4.78, 5) is 9.09. The average molecular weight is 294 g/mol. The van der Waals surface area contributed by atoms with E-state index >= 15 is 0 Å². The van der Waals surface area contributed by atoms with Crippen molar-refractivity contribution in [2.45, 2.75) is 13.5 Å². The van der Waals surface area contributed by atoms with Gasteiger partial charge in [-0.1, -0.05) is 23.5 Å². The van der Waals surface area contributed by atoms with Crippen molar-refractivity contribution >= 4 is 37.7 Å². The molecule has 0 saturated heterocycles. The summed E-state index contributed by atoms with van der Waals surface area (Å²) in [7, 11) is 0. The summed E-state index contributed by atoms with van der Waals surface area (Å²) in [5, 5.41) is 0.603. The van der Waals surface area contributed by atoms with E-state index in [1.165, 1.54) is 16.9 Å². The number of nitrogens with two attached hydrogens (primary N) is 1. The quantitative estimate of drug-likeness (QED) is 0.609. The normalized spacial score (nSPS) is 11.5. The summed E-state index contributed by atoms with van der Waals surface area (Å²) < 4.78 is 3.33. The molecule has 0 aliphatic carbocycles. The summed E-state index contributed by atoms with van der Waals surface area (Å²) >= 11 is 1.51. The largest absolute Gasteiger partial charge is 0.375 e. The van der Waals surface area contributed by atoms with Crippen LogP contribution in [-0.4, -0.2) is 14.5 Å². The van der Waals surface area contributed by atoms with Gasteiger partial charge in [0.1, 0.15) is 5.82 Å². The molecule has 4 aromatic rings. The van der Waals surface area contributed by atoms with Crippen LogP contribution in [0, 0.1) is 0 Å². The van der Waals surface area contributed by atoms with E-state index in [4.69, 9.17) is 10.7 Å². The number of anilines is 1. The van der Waals surface area contributed by atoms with Gasteiger partial charge in [-0.2, -0.15) is 0 Å². The number of hydrogen-bond acceptors (Lipinski definition) is 4. The molecular formula is C16H14N4S. The molecule has 4 nitrogen and oxygen atoms in total. The van der Waals surface area contributed by atoms with E-state index in [1.54, 1.807) is 0 Å². The van der Waals surface area contributed by atoms with Crippen LogP contribution in [0.2, 0.25) is 0 Å². The van der Waals surface area contributed by atoms with Crippen molar-refractivity contribution in [2.24, 2.45) is 0 Å². The van der Waals surface area contributed by atoms with Gasteiger partial charge in [0.05, 0.1) is 21.3 Å². The molecule has 2 N–H and O–H groups in total. The first-order chi connectivity index (χ1) is 10.3. The first-order valence-electron chi connectivity index (χ1n) is 6.88. The number of para-hydroxylation sites is 2. The smallest absolute Gasteiger partial charge is 0.181 e. The number of hydrogen-bond donors (Lipinski definition) is 1. The molecule has 2 aromatic heterocycles. The van der Waals surface area contributed by atoms with Crippen LogP contribution in [-0.2, 0) is 6.54 Å². The number of imidazole rings is 1. The Morgan fingerprint density at radius 1 is 1.10 bits per heavy atom. The molecule has 0 fully saturated rings. The maximum atomic E-state index is 5.78. The highest BCUT2D eigenvalue weighted by Gasteiger charge is 2.12. The fourth-order valence-corrected chi connectivity index (χ4v) is 3.47. The predicted octanol–water partition coefficient (Wildman–Crippen LogP) is 3.92. The minimum atomic E-state index is 0.603. The lowest BCUT2D eigenvalue weighted by Gasteiger charge is -2.05. The molecule has 4 rings (SSSR count). The van der Waals surface area contributed by atoms with Crippen LogP contribution in [0.15, 0.2) is 42.5 Å². The van der Waals surface area contributed by atoms with Crippen LogP contribution in [0.25, 0.3) is 32.6 Å². The molecule has 0 atom stereocenters. The van der Waals surface area contributed by atoms with Crippen LogP contribution in [0.1, 0.15) is 6.92 Å². The second kappa shape index (κ2) is 4.56. The molecule has 0 radical (unpaired) electrons. The lowest BCUT2D eigenvalue weighted by molar-refractivity contribution is 0.796. The molecule has 0 aliphatic rings. The van der Waals surface area contributed by atoms with E-state index < -0.39 is 0 Å². The molecule has 2 aromatic carbocycles. The number of nitrogen functional groups attached to an aromatic ring is 1. The average Bonchev–Trinajstić information content (AvgIpc) is 3.05. The fourth-order valence-electron chi connectivity index (χ4n) is 2.70. The fraction of sp³-hybridized carbons (Fsp3) is 0.125. The predicted molar refractivity (Wildman–Crippen MR) is 88.4 cm³/mol. The molecule has 0 unspecified atom stereocenters. The maximum Gasteiger partial charge on any atom is 0.181 e. The van der Waals surface area contributed by atoms with Crippen LogP contribution in [0.3, 0.4) is 0 Å². The summed E-state index contributed by atoms with van der Waals surface area (Å²) in [6, 6.07) is 14.4. The molecule has 21 heavy (non-hydrogen) atoms. The first kappa shape index (κ1) is 12.3. The van der Waals surface area contributed by atoms with E-state index in [2.05, 4.69) is 34.7 Å². The number of benzene rings is 2. The van der Waals surface area contributed by atoms with Crippen molar-refractivity contribution in [3.63, 3.8) is 0 Å². The van der Waals surface area contributed by atoms with Crippen molar-refractivity contribution in [1.82, 2.24) is 14.5 Å². The molecule has 0 amide bonds. The van der Waals surface area contributed by atoms with Gasteiger partial charge >= 0.3 is 0 Å². The molecule has 0 spiro atoms. The van der Waals surface area contributed by atoms with E-state index in [0.717, 1.165) is 33.7 Å². The van der Waals surface area contributed by atoms with Crippen molar-refractivity contribution in [1.29, 1.82) is 0 Å². The number of fused-ring (bicyclic) bond motifs is 2. The number of aromatic nitrogens is 3. The molecular weight excluding hydrogens is 280 g/mol. The van der Waals surface area contributed by atoms with Gasteiger partial charge in [-0.15, -0.1) is 0 Å². The van der Waals surface area contributed by atoms with Gasteiger partial charge in [-0.3, -0.25) is 0 Å². The maximum absolute atomic E-state index is 5.78. The van der Waals surface area contributed by atoms with E-state index in [1.807, 2.05) is 24.3 Å². The SMILES string of the molecule is CCn1c(-c2ccc3nc(N)sc3c2)nc2ccccc21. The van der Waals surface area contributed by atoms with Crippen molar-refractivity contribution < 1.29 is 0 Å². The van der Waals surface area contributed by atoms with Crippen molar-refractivity contribution in [3.8, 4) is 11.4 Å². The van der Waals surface area contributed by atoms with Gasteiger partial charge in [0, 0.05) is 12.1 Å². The number of nitrogens with zero attached hydrogens (tertiary/aromatic N) is 3. The van der Waals surface area contributed by atoms with Gasteiger partial charge in [0.25, 0.3) is 0 Å². The number of rotatable bonds is 2. The summed E-state index contributed by atoms with van der Waals surface area (Å²) in [5.74, 6) is 0.993. The van der Waals surface area contributed by atoms with Gasteiger partial charge < -0.3 is 10.3 Å². The minimum absolute atomic E-state index is 0.603. The Balaban J connectivity index is 1.98. The lowest BCUT2D eigenvalue weighted by atomic mass is 10.2. The Morgan fingerprint density at radius 3 is 2.81 bits per heavy atom. The Hall–Kier alpha value is -2.40. The minimum Gasteiger partial charge on any atom is -0.375 e. The summed E-state index contributed by atoms with van der Waals surface area (Å²) in [6.45, 7) is 3.03. The highest BCUT2D eigenvalue weighted by Crippen LogP contribution is 2.30. The molecule has 0 aliphatic heterocycles. The Bertz CT molecular complexity index is 951. The van der Waals surface area contributed by atoms with Crippen molar-refractivity contribution in [2.75, 3.05) is 5.73 Å². The van der Waals surface area contributed by atoms with Gasteiger partial charge in [-0.25, -0.2) is 9.97 Å². The molecule has 0 saturated carbocycles. The zero-order valence-electron chi connectivity index (χ0n) is 11.6. The zero-order chi connectivity index (χ0) is 14.4. The van der Waals surface area contributed by atoms with Gasteiger partial charge in [0.15, 0.2) is 5.13 Å². The third-order valence-corrected chi connectivity index (χ3v) is 4.48. The second-order valence-electron chi connectivity index (χ2n) is 4.90. The third kappa shape index (κ3) is 1.89. The molecule has 0 bridgehead atoms. The highest BCUT2D eigenvalue weighted by atomic mass is 32.1. The van der Waals surface area contributed by atoms with Gasteiger partial charge in [-0.05, 0) is 37.3 Å². The third-order valence-electron chi connectivity index (χ3n) is 3.63. The molecule has 104 valence electrons. The van der Waals surface area contributed by atoms with Gasteiger partial charge in [0.2, 0.25) is 0 Å². The number of aryl methyl sites for hydroxylation is 1. The van der Waals surface area contributed by atoms with Crippen LogP contribution < -0.4 is 5.73 Å². The van der Waals surface area contributed by atoms with Crippen LogP contribution in [0.4, 0.5) is 5.13 Å². The first-order valence-corrected chi connectivity index (χ1v) is 7.69. The Labute approximate surface area is 125 Å². The summed E-state index contributed by atoms with van der Waals surface area (Å²) in [5.41, 5.74) is 10.0. The van der Waals surface area contributed by atoms with E-state index in [9.17, 15) is 0 Å². The lowest BCUT2D eigenvalue weighted by Crippen LogP contribution is -1.97. The topological polar surface area (TPSA) is 56.7 Å².